The third kappa shape index (κ3) is 3.26. The molecule has 0 saturated carbocycles. The third-order valence-electron chi connectivity index (χ3n) is 2.71. The van der Waals surface area contributed by atoms with Gasteiger partial charge in [-0.1, -0.05) is 15.9 Å². The summed E-state index contributed by atoms with van der Waals surface area (Å²) in [5.41, 5.74) is 0.814. The van der Waals surface area contributed by atoms with Gasteiger partial charge in [-0.05, 0) is 19.1 Å². The van der Waals surface area contributed by atoms with Gasteiger partial charge in [0.15, 0.2) is 0 Å². The van der Waals surface area contributed by atoms with E-state index in [0.717, 1.165) is 0 Å². The second-order valence-corrected chi connectivity index (χ2v) is 4.73. The highest BCUT2D eigenvalue weighted by atomic mass is 79.9. The van der Waals surface area contributed by atoms with Crippen molar-refractivity contribution in [3.05, 3.63) is 27.7 Å². The lowest BCUT2D eigenvalue weighted by Gasteiger charge is -2.17. The van der Waals surface area contributed by atoms with Gasteiger partial charge in [0.25, 0.3) is 0 Å². The van der Waals surface area contributed by atoms with Crippen LogP contribution in [0.15, 0.2) is 16.6 Å². The molecule has 0 radical (unpaired) electrons. The largest absolute Gasteiger partial charge is 0.496 e. The van der Waals surface area contributed by atoms with Crippen molar-refractivity contribution in [2.75, 3.05) is 21.3 Å². The van der Waals surface area contributed by atoms with Crippen LogP contribution in [-0.4, -0.2) is 33.3 Å². The van der Waals surface area contributed by atoms with Crippen LogP contribution in [-0.2, 0) is 14.3 Å². The van der Waals surface area contributed by atoms with Gasteiger partial charge in [-0.15, -0.1) is 0 Å². The highest BCUT2D eigenvalue weighted by Gasteiger charge is 2.25. The Labute approximate surface area is 120 Å². The average Bonchev–Trinajstić information content (AvgIpc) is 2.43. The molecular formula is C13H15BrO5. The molecule has 0 aromatic heterocycles. The zero-order valence-corrected chi connectivity index (χ0v) is 12.7. The number of hydrogen-bond acceptors (Lipinski definition) is 5. The molecule has 0 aliphatic heterocycles. The Hall–Kier alpha value is -1.56. The summed E-state index contributed by atoms with van der Waals surface area (Å²) in [6, 6.07) is 3.30. The molecule has 6 heteroatoms. The maximum atomic E-state index is 11.7. The molecule has 1 aromatic carbocycles. The smallest absolute Gasteiger partial charge is 0.341 e. The minimum atomic E-state index is -0.555. The van der Waals surface area contributed by atoms with E-state index in [4.69, 9.17) is 14.2 Å². The number of methoxy groups -OCH3 is 3. The molecule has 0 amide bonds. The van der Waals surface area contributed by atoms with E-state index in [2.05, 4.69) is 15.9 Å². The molecule has 104 valence electrons. The van der Waals surface area contributed by atoms with Crippen LogP contribution >= 0.6 is 15.9 Å². The first-order valence-corrected chi connectivity index (χ1v) is 6.29. The third-order valence-corrected chi connectivity index (χ3v) is 3.17. The average molecular weight is 331 g/mol. The van der Waals surface area contributed by atoms with Crippen molar-refractivity contribution >= 4 is 27.9 Å². The van der Waals surface area contributed by atoms with Crippen LogP contribution < -0.4 is 4.74 Å². The maximum Gasteiger partial charge on any atom is 0.341 e. The fourth-order valence-electron chi connectivity index (χ4n) is 1.73. The fraction of sp³-hybridized carbons (Fsp3) is 0.385. The molecule has 1 unspecified atom stereocenters. The van der Waals surface area contributed by atoms with E-state index in [1.165, 1.54) is 21.3 Å². The van der Waals surface area contributed by atoms with Crippen LogP contribution in [0.3, 0.4) is 0 Å². The Morgan fingerprint density at radius 1 is 1.16 bits per heavy atom. The first-order chi connectivity index (χ1) is 8.96. The Balaban J connectivity index is 3.42. The standard InChI is InChI=1S/C13H15BrO5/c1-7(12(15)18-3)9-5-8(14)6-10(11(9)17-2)13(16)19-4/h5-7H,1-4H3. The lowest BCUT2D eigenvalue weighted by atomic mass is 9.97. The van der Waals surface area contributed by atoms with Crippen LogP contribution in [0.2, 0.25) is 0 Å². The number of benzene rings is 1. The molecule has 0 aliphatic rings. The van der Waals surface area contributed by atoms with Gasteiger partial charge in [-0.2, -0.15) is 0 Å². The number of carbonyl (C=O) groups is 2. The normalized spacial score (nSPS) is 11.6. The van der Waals surface area contributed by atoms with Crippen LogP contribution in [0, 0.1) is 0 Å². The molecular weight excluding hydrogens is 316 g/mol. The highest BCUT2D eigenvalue weighted by Crippen LogP contribution is 2.34. The van der Waals surface area contributed by atoms with Crippen molar-refractivity contribution in [2.24, 2.45) is 0 Å². The Bertz CT molecular complexity index is 498. The minimum absolute atomic E-state index is 0.255. The van der Waals surface area contributed by atoms with E-state index in [1.807, 2.05) is 0 Å². The number of carbonyl (C=O) groups excluding carboxylic acids is 2. The van der Waals surface area contributed by atoms with Gasteiger partial charge >= 0.3 is 11.9 Å². The first-order valence-electron chi connectivity index (χ1n) is 5.49. The molecule has 1 atom stereocenters. The summed E-state index contributed by atoms with van der Waals surface area (Å²) in [5.74, 6) is -1.18. The van der Waals surface area contributed by atoms with Crippen molar-refractivity contribution in [3.63, 3.8) is 0 Å². The minimum Gasteiger partial charge on any atom is -0.496 e. The van der Waals surface area contributed by atoms with Crippen molar-refractivity contribution in [3.8, 4) is 5.75 Å². The zero-order chi connectivity index (χ0) is 14.6. The Kier molecular flexibility index (Phi) is 5.35. The molecule has 5 nitrogen and oxygen atoms in total. The summed E-state index contributed by atoms with van der Waals surface area (Å²) in [5, 5.41) is 0. The monoisotopic (exact) mass is 330 g/mol. The molecule has 0 N–H and O–H groups in total. The molecule has 0 aliphatic carbocycles. The van der Waals surface area contributed by atoms with Crippen LogP contribution in [0.25, 0.3) is 0 Å². The van der Waals surface area contributed by atoms with Gasteiger partial charge in [0.05, 0.1) is 27.2 Å². The van der Waals surface area contributed by atoms with E-state index in [-0.39, 0.29) is 5.56 Å². The first kappa shape index (κ1) is 15.5. The predicted octanol–water partition coefficient (Wildman–Crippen LogP) is 2.52. The summed E-state index contributed by atoms with van der Waals surface area (Å²) < 4.78 is 15.3. The number of ether oxygens (including phenoxy) is 3. The number of rotatable bonds is 4. The van der Waals surface area contributed by atoms with Gasteiger partial charge in [0.2, 0.25) is 0 Å². The maximum absolute atomic E-state index is 11.7. The lowest BCUT2D eigenvalue weighted by Crippen LogP contribution is -2.14. The lowest BCUT2D eigenvalue weighted by molar-refractivity contribution is -0.142. The summed E-state index contributed by atoms with van der Waals surface area (Å²) >= 11 is 3.30. The molecule has 0 bridgehead atoms. The SMILES string of the molecule is COC(=O)c1cc(Br)cc(C(C)C(=O)OC)c1OC. The number of esters is 2. The molecule has 0 fully saturated rings. The molecule has 0 spiro atoms. The topological polar surface area (TPSA) is 61.8 Å². The molecule has 0 heterocycles. The van der Waals surface area contributed by atoms with Crippen molar-refractivity contribution < 1.29 is 23.8 Å². The van der Waals surface area contributed by atoms with Crippen LogP contribution in [0.4, 0.5) is 0 Å². The highest BCUT2D eigenvalue weighted by molar-refractivity contribution is 9.10. The second-order valence-electron chi connectivity index (χ2n) is 3.81. The van der Waals surface area contributed by atoms with Gasteiger partial charge in [-0.25, -0.2) is 4.79 Å². The predicted molar refractivity (Wildman–Crippen MR) is 72.5 cm³/mol. The molecule has 1 aromatic rings. The van der Waals surface area contributed by atoms with E-state index in [0.29, 0.717) is 15.8 Å². The quantitative estimate of drug-likeness (QED) is 0.794. The van der Waals surface area contributed by atoms with Crippen LogP contribution in [0.5, 0.6) is 5.75 Å². The van der Waals surface area contributed by atoms with Gasteiger partial charge < -0.3 is 14.2 Å². The summed E-state index contributed by atoms with van der Waals surface area (Å²) in [6.45, 7) is 1.68. The van der Waals surface area contributed by atoms with Gasteiger partial charge in [-0.3, -0.25) is 4.79 Å². The molecule has 1 rings (SSSR count). The zero-order valence-electron chi connectivity index (χ0n) is 11.2. The number of halogens is 1. The van der Waals surface area contributed by atoms with E-state index >= 15 is 0 Å². The van der Waals surface area contributed by atoms with E-state index < -0.39 is 17.9 Å². The molecule has 19 heavy (non-hydrogen) atoms. The Morgan fingerprint density at radius 2 is 1.79 bits per heavy atom. The van der Waals surface area contributed by atoms with E-state index in [1.54, 1.807) is 19.1 Å². The summed E-state index contributed by atoms with van der Waals surface area (Å²) in [4.78, 5) is 23.4. The summed E-state index contributed by atoms with van der Waals surface area (Å²) in [6.07, 6.45) is 0. The van der Waals surface area contributed by atoms with E-state index in [9.17, 15) is 9.59 Å². The second kappa shape index (κ2) is 6.56. The van der Waals surface area contributed by atoms with Gasteiger partial charge in [0, 0.05) is 10.0 Å². The molecule has 0 saturated heterocycles. The Morgan fingerprint density at radius 3 is 2.26 bits per heavy atom. The summed E-state index contributed by atoms with van der Waals surface area (Å²) in [7, 11) is 4.03. The van der Waals surface area contributed by atoms with Crippen molar-refractivity contribution in [1.82, 2.24) is 0 Å². The number of hydrogen-bond donors (Lipinski definition) is 0. The van der Waals surface area contributed by atoms with Crippen molar-refractivity contribution in [1.29, 1.82) is 0 Å². The van der Waals surface area contributed by atoms with Gasteiger partial charge in [0.1, 0.15) is 11.3 Å². The fourth-order valence-corrected chi connectivity index (χ4v) is 2.21. The van der Waals surface area contributed by atoms with Crippen LogP contribution in [0.1, 0.15) is 28.8 Å². The van der Waals surface area contributed by atoms with Crippen molar-refractivity contribution in [2.45, 2.75) is 12.8 Å².